The Hall–Kier alpha value is -3.72. The first-order valence-corrected chi connectivity index (χ1v) is 8.94. The highest BCUT2D eigenvalue weighted by molar-refractivity contribution is 6.64. The fraction of sp³-hybridized carbons (Fsp3) is 0.100. The fourth-order valence-electron chi connectivity index (χ4n) is 3.17. The molecule has 4 rings (SSSR count). The van der Waals surface area contributed by atoms with E-state index >= 15 is 0 Å². The monoisotopic (exact) mass is 387 g/mol. The molecule has 3 N–H and O–H groups in total. The Labute approximate surface area is 167 Å². The molecule has 0 spiro atoms. The molecule has 9 heteroatoms. The average molecular weight is 387 g/mol. The van der Waals surface area contributed by atoms with Gasteiger partial charge in [0.25, 0.3) is 0 Å². The molecular weight excluding hydrogens is 369 g/mol. The average Bonchev–Trinajstić information content (AvgIpc) is 3.22. The van der Waals surface area contributed by atoms with Crippen LogP contribution in [0.4, 0.5) is 5.69 Å². The van der Waals surface area contributed by atoms with Crippen molar-refractivity contribution in [1.82, 2.24) is 20.0 Å². The lowest BCUT2D eigenvalue weighted by Crippen LogP contribution is -2.26. The van der Waals surface area contributed by atoms with Crippen molar-refractivity contribution in [3.05, 3.63) is 60.6 Å². The van der Waals surface area contributed by atoms with Crippen molar-refractivity contribution in [3.8, 4) is 16.8 Å². The highest BCUT2D eigenvalue weighted by Crippen LogP contribution is 2.29. The Morgan fingerprint density at radius 1 is 1.21 bits per heavy atom. The molecule has 0 saturated heterocycles. The van der Waals surface area contributed by atoms with Gasteiger partial charge in [-0.1, -0.05) is 25.0 Å². The van der Waals surface area contributed by atoms with E-state index in [1.165, 1.54) is 19.5 Å². The van der Waals surface area contributed by atoms with Crippen LogP contribution in [0.1, 0.15) is 10.4 Å². The normalized spacial score (nSPS) is 10.9. The number of carbonyl (C=O) groups excluding carboxylic acids is 1. The lowest BCUT2D eigenvalue weighted by molar-refractivity contribution is 0.0600. The Morgan fingerprint density at radius 3 is 2.79 bits per heavy atom. The maximum atomic E-state index is 11.8. The van der Waals surface area contributed by atoms with E-state index in [0.29, 0.717) is 16.8 Å². The van der Waals surface area contributed by atoms with Crippen molar-refractivity contribution < 1.29 is 14.6 Å². The minimum absolute atomic E-state index is 0.343. The number of carbonyl (C=O) groups is 1. The SMILES string of the molecule is COC(=O)c1cnn(-c2ccc(B(C)O)cc2-c2ccc3c(N)cnnc3c2)c1. The number of esters is 1. The third kappa shape index (κ3) is 3.43. The fourth-order valence-corrected chi connectivity index (χ4v) is 3.17. The molecule has 2 heterocycles. The number of benzene rings is 2. The number of hydrogen-bond donors (Lipinski definition) is 2. The molecule has 0 amide bonds. The van der Waals surface area contributed by atoms with Gasteiger partial charge in [0.15, 0.2) is 0 Å². The molecule has 0 radical (unpaired) electrons. The second-order valence-electron chi connectivity index (χ2n) is 6.65. The molecule has 0 fully saturated rings. The van der Waals surface area contributed by atoms with Gasteiger partial charge in [-0.2, -0.15) is 15.3 Å². The van der Waals surface area contributed by atoms with Crippen molar-refractivity contribution in [1.29, 1.82) is 0 Å². The zero-order chi connectivity index (χ0) is 20.5. The Balaban J connectivity index is 1.90. The number of methoxy groups -OCH3 is 1. The van der Waals surface area contributed by atoms with E-state index in [1.807, 2.05) is 36.4 Å². The van der Waals surface area contributed by atoms with Crippen LogP contribution in [0.2, 0.25) is 6.82 Å². The minimum Gasteiger partial charge on any atom is -0.465 e. The van der Waals surface area contributed by atoms with Crippen molar-refractivity contribution in [2.24, 2.45) is 0 Å². The second-order valence-corrected chi connectivity index (χ2v) is 6.65. The van der Waals surface area contributed by atoms with E-state index in [2.05, 4.69) is 15.3 Å². The van der Waals surface area contributed by atoms with E-state index in [1.54, 1.807) is 17.7 Å². The van der Waals surface area contributed by atoms with E-state index in [4.69, 9.17) is 10.5 Å². The maximum absolute atomic E-state index is 11.8. The van der Waals surface area contributed by atoms with Crippen LogP contribution in [-0.2, 0) is 4.74 Å². The van der Waals surface area contributed by atoms with Gasteiger partial charge in [-0.3, -0.25) is 0 Å². The number of aromatic nitrogens is 4. The lowest BCUT2D eigenvalue weighted by atomic mass is 9.64. The van der Waals surface area contributed by atoms with Gasteiger partial charge < -0.3 is 15.5 Å². The van der Waals surface area contributed by atoms with Crippen LogP contribution >= 0.6 is 0 Å². The Morgan fingerprint density at radius 2 is 2.03 bits per heavy atom. The van der Waals surface area contributed by atoms with Crippen LogP contribution in [0.25, 0.3) is 27.7 Å². The lowest BCUT2D eigenvalue weighted by Gasteiger charge is -2.13. The number of rotatable bonds is 4. The van der Waals surface area contributed by atoms with Crippen LogP contribution in [0.15, 0.2) is 55.0 Å². The molecule has 0 aliphatic heterocycles. The van der Waals surface area contributed by atoms with Crippen LogP contribution in [0, 0.1) is 0 Å². The number of hydrogen-bond acceptors (Lipinski definition) is 7. The summed E-state index contributed by atoms with van der Waals surface area (Å²) in [5, 5.41) is 23.2. The largest absolute Gasteiger partial charge is 0.465 e. The Kier molecular flexibility index (Phi) is 4.73. The molecule has 0 unspecified atom stereocenters. The molecule has 2 aromatic carbocycles. The van der Waals surface area contributed by atoms with Crippen molar-refractivity contribution in [2.75, 3.05) is 12.8 Å². The van der Waals surface area contributed by atoms with Gasteiger partial charge in [0, 0.05) is 17.1 Å². The topological polar surface area (TPSA) is 116 Å². The molecule has 0 aliphatic carbocycles. The van der Waals surface area contributed by atoms with Gasteiger partial charge in [-0.25, -0.2) is 9.48 Å². The summed E-state index contributed by atoms with van der Waals surface area (Å²) in [7, 11) is 1.32. The minimum atomic E-state index is -0.637. The summed E-state index contributed by atoms with van der Waals surface area (Å²) >= 11 is 0. The van der Waals surface area contributed by atoms with E-state index in [-0.39, 0.29) is 0 Å². The van der Waals surface area contributed by atoms with Crippen LogP contribution in [-0.4, -0.2) is 45.0 Å². The molecule has 2 aromatic heterocycles. The standard InChI is InChI=1S/C20H18BN5O3/c1-21(28)14-4-6-19(26-11-13(9-24-26)20(27)29-2)16(8-14)12-3-5-15-17(22)10-23-25-18(15)7-12/h3-11,28H,1-2H3,(H2,22,25). The highest BCUT2D eigenvalue weighted by atomic mass is 16.5. The predicted molar refractivity (Wildman–Crippen MR) is 111 cm³/mol. The van der Waals surface area contributed by atoms with E-state index in [9.17, 15) is 9.82 Å². The van der Waals surface area contributed by atoms with E-state index < -0.39 is 12.9 Å². The van der Waals surface area contributed by atoms with Gasteiger partial charge in [0.2, 0.25) is 0 Å². The van der Waals surface area contributed by atoms with Crippen LogP contribution in [0.5, 0.6) is 0 Å². The summed E-state index contributed by atoms with van der Waals surface area (Å²) in [6.45, 7) is 1.07. The number of fused-ring (bicyclic) bond motifs is 1. The van der Waals surface area contributed by atoms with Gasteiger partial charge >= 0.3 is 12.9 Å². The van der Waals surface area contributed by atoms with Crippen LogP contribution in [0.3, 0.4) is 0 Å². The summed E-state index contributed by atoms with van der Waals surface area (Å²) in [4.78, 5) is 11.8. The summed E-state index contributed by atoms with van der Waals surface area (Å²) in [5.41, 5.74) is 10.7. The maximum Gasteiger partial charge on any atom is 0.341 e. The Bertz CT molecular complexity index is 1220. The third-order valence-electron chi connectivity index (χ3n) is 4.74. The van der Waals surface area contributed by atoms with Crippen molar-refractivity contribution in [2.45, 2.75) is 6.82 Å². The summed E-state index contributed by atoms with van der Waals surface area (Å²) in [5.74, 6) is -0.463. The number of nitrogens with two attached hydrogens (primary N) is 1. The second kappa shape index (κ2) is 7.36. The zero-order valence-electron chi connectivity index (χ0n) is 15.9. The predicted octanol–water partition coefficient (Wildman–Crippen LogP) is 1.67. The first kappa shape index (κ1) is 18.6. The molecule has 29 heavy (non-hydrogen) atoms. The number of nitrogens with zero attached hydrogens (tertiary/aromatic N) is 4. The van der Waals surface area contributed by atoms with E-state index in [0.717, 1.165) is 27.7 Å². The van der Waals surface area contributed by atoms with Crippen molar-refractivity contribution in [3.63, 3.8) is 0 Å². The van der Waals surface area contributed by atoms with Gasteiger partial charge in [-0.15, -0.1) is 0 Å². The quantitative estimate of drug-likeness (QED) is 0.404. The number of ether oxygens (including phenoxy) is 1. The first-order chi connectivity index (χ1) is 14.0. The molecule has 4 aromatic rings. The molecule has 0 aliphatic rings. The van der Waals surface area contributed by atoms with Crippen LogP contribution < -0.4 is 11.2 Å². The number of anilines is 1. The molecule has 8 nitrogen and oxygen atoms in total. The molecule has 0 bridgehead atoms. The van der Waals surface area contributed by atoms with Gasteiger partial charge in [-0.05, 0) is 29.2 Å². The molecule has 0 saturated carbocycles. The summed E-state index contributed by atoms with van der Waals surface area (Å²) < 4.78 is 6.36. The van der Waals surface area contributed by atoms with Crippen molar-refractivity contribution >= 4 is 34.9 Å². The molecule has 144 valence electrons. The third-order valence-corrected chi connectivity index (χ3v) is 4.74. The summed E-state index contributed by atoms with van der Waals surface area (Å²) in [6.07, 6.45) is 4.57. The smallest absolute Gasteiger partial charge is 0.341 e. The summed E-state index contributed by atoms with van der Waals surface area (Å²) in [6, 6.07) is 11.3. The first-order valence-electron chi connectivity index (χ1n) is 8.94. The zero-order valence-corrected chi connectivity index (χ0v) is 15.9. The number of nitrogen functional groups attached to an aromatic ring is 1. The molecular formula is C20H18BN5O3. The van der Waals surface area contributed by atoms with Gasteiger partial charge in [0.05, 0.1) is 42.0 Å². The molecule has 0 atom stereocenters. The van der Waals surface area contributed by atoms with Gasteiger partial charge in [0.1, 0.15) is 0 Å². The highest BCUT2D eigenvalue weighted by Gasteiger charge is 2.16.